The quantitative estimate of drug-likeness (QED) is 0.902. The molecule has 2 N–H and O–H groups in total. The van der Waals surface area contributed by atoms with Crippen molar-refractivity contribution >= 4 is 11.9 Å². The SMILES string of the molecule is O=C(NC1CC1)c1cccc(-c2ccnc(C(=O)O)c2)c1. The molecule has 5 heteroatoms. The highest BCUT2D eigenvalue weighted by Crippen LogP contribution is 2.22. The van der Waals surface area contributed by atoms with Crippen LogP contribution in [-0.4, -0.2) is 28.0 Å². The van der Waals surface area contributed by atoms with E-state index in [1.165, 1.54) is 12.3 Å². The summed E-state index contributed by atoms with van der Waals surface area (Å²) in [6.45, 7) is 0. The van der Waals surface area contributed by atoms with Gasteiger partial charge in [-0.3, -0.25) is 4.79 Å². The summed E-state index contributed by atoms with van der Waals surface area (Å²) < 4.78 is 0. The molecule has 1 fully saturated rings. The molecule has 1 aliphatic rings. The Morgan fingerprint density at radius 3 is 2.62 bits per heavy atom. The zero-order chi connectivity index (χ0) is 14.8. The highest BCUT2D eigenvalue weighted by atomic mass is 16.4. The number of aromatic carboxylic acids is 1. The van der Waals surface area contributed by atoms with Crippen LogP contribution in [0.15, 0.2) is 42.6 Å². The van der Waals surface area contributed by atoms with E-state index in [1.54, 1.807) is 24.3 Å². The van der Waals surface area contributed by atoms with E-state index in [0.717, 1.165) is 24.0 Å². The van der Waals surface area contributed by atoms with Crippen molar-refractivity contribution in [1.29, 1.82) is 0 Å². The van der Waals surface area contributed by atoms with Crippen molar-refractivity contribution in [2.45, 2.75) is 18.9 Å². The van der Waals surface area contributed by atoms with E-state index >= 15 is 0 Å². The number of carboxylic acids is 1. The number of nitrogens with one attached hydrogen (secondary N) is 1. The van der Waals surface area contributed by atoms with Gasteiger partial charge in [0.25, 0.3) is 5.91 Å². The second kappa shape index (κ2) is 5.36. The summed E-state index contributed by atoms with van der Waals surface area (Å²) in [5.41, 5.74) is 2.08. The number of carboxylic acid groups (broad SMARTS) is 1. The zero-order valence-corrected chi connectivity index (χ0v) is 11.2. The molecule has 3 rings (SSSR count). The normalized spacial score (nSPS) is 13.7. The molecule has 0 saturated heterocycles. The first-order valence-corrected chi connectivity index (χ1v) is 6.74. The van der Waals surface area contributed by atoms with Crippen molar-refractivity contribution in [3.63, 3.8) is 0 Å². The van der Waals surface area contributed by atoms with Crippen LogP contribution in [0.1, 0.15) is 33.7 Å². The summed E-state index contributed by atoms with van der Waals surface area (Å²) in [7, 11) is 0. The first-order chi connectivity index (χ1) is 10.1. The van der Waals surface area contributed by atoms with Gasteiger partial charge in [-0.15, -0.1) is 0 Å². The summed E-state index contributed by atoms with van der Waals surface area (Å²) in [5, 5.41) is 11.9. The summed E-state index contributed by atoms with van der Waals surface area (Å²) in [5.74, 6) is -1.16. The molecular weight excluding hydrogens is 268 g/mol. The number of hydrogen-bond acceptors (Lipinski definition) is 3. The summed E-state index contributed by atoms with van der Waals surface area (Å²) in [4.78, 5) is 26.8. The monoisotopic (exact) mass is 282 g/mol. The average Bonchev–Trinajstić information content (AvgIpc) is 3.31. The van der Waals surface area contributed by atoms with Crippen molar-refractivity contribution in [3.8, 4) is 11.1 Å². The molecular formula is C16H14N2O3. The topological polar surface area (TPSA) is 79.3 Å². The minimum Gasteiger partial charge on any atom is -0.477 e. The number of benzene rings is 1. The predicted octanol–water partition coefficient (Wildman–Crippen LogP) is 2.34. The number of carbonyl (C=O) groups is 2. The second-order valence-corrected chi connectivity index (χ2v) is 5.06. The van der Waals surface area contributed by atoms with Crippen LogP contribution in [0.3, 0.4) is 0 Å². The Balaban J connectivity index is 1.89. The fourth-order valence-electron chi connectivity index (χ4n) is 2.06. The van der Waals surface area contributed by atoms with Gasteiger partial charge in [0.15, 0.2) is 0 Å². The molecule has 0 unspecified atom stereocenters. The lowest BCUT2D eigenvalue weighted by Gasteiger charge is -2.07. The van der Waals surface area contributed by atoms with Gasteiger partial charge in [0.2, 0.25) is 0 Å². The van der Waals surface area contributed by atoms with E-state index in [1.807, 2.05) is 6.07 Å². The molecule has 106 valence electrons. The summed E-state index contributed by atoms with van der Waals surface area (Å²) in [6, 6.07) is 10.7. The highest BCUT2D eigenvalue weighted by molar-refractivity contribution is 5.96. The number of rotatable bonds is 4. The molecule has 0 spiro atoms. The van der Waals surface area contributed by atoms with Crippen LogP contribution in [0.2, 0.25) is 0 Å². The highest BCUT2D eigenvalue weighted by Gasteiger charge is 2.23. The largest absolute Gasteiger partial charge is 0.477 e. The van der Waals surface area contributed by atoms with Gasteiger partial charge >= 0.3 is 5.97 Å². The van der Waals surface area contributed by atoms with Crippen LogP contribution in [-0.2, 0) is 0 Å². The van der Waals surface area contributed by atoms with Gasteiger partial charge < -0.3 is 10.4 Å². The summed E-state index contributed by atoms with van der Waals surface area (Å²) >= 11 is 0. The van der Waals surface area contributed by atoms with Crippen molar-refractivity contribution in [2.75, 3.05) is 0 Å². The lowest BCUT2D eigenvalue weighted by atomic mass is 10.0. The molecule has 21 heavy (non-hydrogen) atoms. The fourth-order valence-corrected chi connectivity index (χ4v) is 2.06. The number of nitrogens with zero attached hydrogens (tertiary/aromatic N) is 1. The third kappa shape index (κ3) is 3.08. The van der Waals surface area contributed by atoms with Gasteiger partial charge in [0.05, 0.1) is 0 Å². The number of carbonyl (C=O) groups excluding carboxylic acids is 1. The van der Waals surface area contributed by atoms with Gasteiger partial charge in [-0.25, -0.2) is 9.78 Å². The Morgan fingerprint density at radius 2 is 1.90 bits per heavy atom. The van der Waals surface area contributed by atoms with Crippen LogP contribution < -0.4 is 5.32 Å². The Bertz CT molecular complexity index is 708. The molecule has 1 amide bonds. The second-order valence-electron chi connectivity index (χ2n) is 5.06. The first kappa shape index (κ1) is 13.3. The van der Waals surface area contributed by atoms with Crippen molar-refractivity contribution in [1.82, 2.24) is 10.3 Å². The van der Waals surface area contributed by atoms with E-state index in [0.29, 0.717) is 11.6 Å². The molecule has 2 aromatic rings. The van der Waals surface area contributed by atoms with Gasteiger partial charge in [0.1, 0.15) is 5.69 Å². The molecule has 1 aromatic heterocycles. The number of pyridine rings is 1. The van der Waals surface area contributed by atoms with E-state index in [-0.39, 0.29) is 11.6 Å². The van der Waals surface area contributed by atoms with E-state index in [9.17, 15) is 9.59 Å². The van der Waals surface area contributed by atoms with Crippen LogP contribution in [0, 0.1) is 0 Å². The van der Waals surface area contributed by atoms with Crippen LogP contribution in [0.25, 0.3) is 11.1 Å². The van der Waals surface area contributed by atoms with Gasteiger partial charge in [-0.05, 0) is 48.2 Å². The molecule has 0 radical (unpaired) electrons. The van der Waals surface area contributed by atoms with Crippen LogP contribution in [0.5, 0.6) is 0 Å². The molecule has 0 atom stereocenters. The lowest BCUT2D eigenvalue weighted by molar-refractivity contribution is 0.0690. The molecule has 0 bridgehead atoms. The third-order valence-electron chi connectivity index (χ3n) is 3.35. The lowest BCUT2D eigenvalue weighted by Crippen LogP contribution is -2.25. The fraction of sp³-hybridized carbons (Fsp3) is 0.188. The van der Waals surface area contributed by atoms with Crippen molar-refractivity contribution < 1.29 is 14.7 Å². The number of amides is 1. The summed E-state index contributed by atoms with van der Waals surface area (Å²) in [6.07, 6.45) is 3.53. The molecule has 1 saturated carbocycles. The van der Waals surface area contributed by atoms with Gasteiger partial charge in [-0.1, -0.05) is 12.1 Å². The standard InChI is InChI=1S/C16H14N2O3/c19-15(18-13-4-5-13)12-3-1-2-10(8-12)11-6-7-17-14(9-11)16(20)21/h1-3,6-9,13H,4-5H2,(H,18,19)(H,20,21). The van der Waals surface area contributed by atoms with E-state index in [2.05, 4.69) is 10.3 Å². The molecule has 1 heterocycles. The van der Waals surface area contributed by atoms with Crippen LogP contribution >= 0.6 is 0 Å². The average molecular weight is 282 g/mol. The van der Waals surface area contributed by atoms with E-state index < -0.39 is 5.97 Å². The molecule has 1 aromatic carbocycles. The minimum atomic E-state index is -1.07. The minimum absolute atomic E-state index is 0.0136. The smallest absolute Gasteiger partial charge is 0.354 e. The third-order valence-corrected chi connectivity index (χ3v) is 3.35. The number of hydrogen-bond donors (Lipinski definition) is 2. The molecule has 1 aliphatic carbocycles. The Morgan fingerprint density at radius 1 is 1.14 bits per heavy atom. The Hall–Kier alpha value is -2.69. The van der Waals surface area contributed by atoms with Crippen LogP contribution in [0.4, 0.5) is 0 Å². The maximum atomic E-state index is 12.0. The maximum Gasteiger partial charge on any atom is 0.354 e. The Labute approximate surface area is 121 Å². The predicted molar refractivity (Wildman–Crippen MR) is 77.1 cm³/mol. The van der Waals surface area contributed by atoms with Crippen molar-refractivity contribution in [3.05, 3.63) is 53.9 Å². The molecule has 0 aliphatic heterocycles. The molecule has 5 nitrogen and oxygen atoms in total. The van der Waals surface area contributed by atoms with Gasteiger partial charge in [-0.2, -0.15) is 0 Å². The Kier molecular flexibility index (Phi) is 3.39. The van der Waals surface area contributed by atoms with Gasteiger partial charge in [0, 0.05) is 17.8 Å². The number of aromatic nitrogens is 1. The zero-order valence-electron chi connectivity index (χ0n) is 11.2. The first-order valence-electron chi connectivity index (χ1n) is 6.74. The maximum absolute atomic E-state index is 12.0. The van der Waals surface area contributed by atoms with Crippen molar-refractivity contribution in [2.24, 2.45) is 0 Å². The van der Waals surface area contributed by atoms with E-state index in [4.69, 9.17) is 5.11 Å².